The van der Waals surface area contributed by atoms with Gasteiger partial charge in [0.15, 0.2) is 0 Å². The van der Waals surface area contributed by atoms with Gasteiger partial charge in [0.2, 0.25) is 0 Å². The molecule has 2 aliphatic rings. The molecule has 7 rings (SSSR count). The van der Waals surface area contributed by atoms with Crippen LogP contribution in [0.3, 0.4) is 0 Å². The lowest BCUT2D eigenvalue weighted by molar-refractivity contribution is 0.0857. The Labute approximate surface area is 216 Å². The molecule has 38 heavy (non-hydrogen) atoms. The second kappa shape index (κ2) is 8.46. The Balaban J connectivity index is 1.16. The van der Waals surface area contributed by atoms with Crippen LogP contribution in [-0.2, 0) is 11.3 Å². The van der Waals surface area contributed by atoms with Crippen LogP contribution in [0.5, 0.6) is 0 Å². The molecule has 0 spiro atoms. The summed E-state index contributed by atoms with van der Waals surface area (Å²) in [6.45, 7) is 0.307. The second-order valence-electron chi connectivity index (χ2n) is 9.60. The maximum Gasteiger partial charge on any atom is 0.251 e. The Bertz CT molecular complexity index is 1790. The molecule has 0 saturated carbocycles. The van der Waals surface area contributed by atoms with Crippen molar-refractivity contribution in [2.75, 3.05) is 5.73 Å². The highest BCUT2D eigenvalue weighted by molar-refractivity contribution is 5.96. The minimum absolute atomic E-state index is 0.209. The van der Waals surface area contributed by atoms with Gasteiger partial charge in [-0.2, -0.15) is 0 Å². The highest BCUT2D eigenvalue weighted by Crippen LogP contribution is 2.54. The molecule has 0 radical (unpaired) electrons. The first-order chi connectivity index (χ1) is 18.5. The van der Waals surface area contributed by atoms with Gasteiger partial charge in [0.05, 0.1) is 0 Å². The molecule has 2 atom stereocenters. The van der Waals surface area contributed by atoms with Crippen molar-refractivity contribution in [1.29, 1.82) is 0 Å². The average Bonchev–Trinajstić information content (AvgIpc) is 3.50. The molecule has 2 aliphatic heterocycles. The minimum Gasteiger partial charge on any atom is -0.383 e. The smallest absolute Gasteiger partial charge is 0.251 e. The number of amides is 1. The first-order valence-corrected chi connectivity index (χ1v) is 12.3. The summed E-state index contributed by atoms with van der Waals surface area (Å²) in [6, 6.07) is 22.5. The van der Waals surface area contributed by atoms with Crippen LogP contribution >= 0.6 is 0 Å². The summed E-state index contributed by atoms with van der Waals surface area (Å²) in [5, 5.41) is 4.79. The number of halogens is 2. The predicted octanol–water partition coefficient (Wildman–Crippen LogP) is 6.21. The number of pyridine rings is 1. The summed E-state index contributed by atoms with van der Waals surface area (Å²) in [7, 11) is 0. The number of nitrogens with one attached hydrogen (secondary N) is 1. The Morgan fingerprint density at radius 1 is 0.868 bits per heavy atom. The number of benzene rings is 4. The molecule has 186 valence electrons. The number of carbonyl (C=O) groups is 1. The third-order valence-electron chi connectivity index (χ3n) is 7.43. The van der Waals surface area contributed by atoms with E-state index < -0.39 is 11.6 Å². The van der Waals surface area contributed by atoms with Gasteiger partial charge < -0.3 is 15.8 Å². The molecule has 5 nitrogen and oxygen atoms in total. The molecule has 1 amide bonds. The van der Waals surface area contributed by atoms with E-state index in [0.717, 1.165) is 44.7 Å². The number of nitrogens with zero attached hydrogens (tertiary/aromatic N) is 1. The van der Waals surface area contributed by atoms with Gasteiger partial charge in [0.1, 0.15) is 29.7 Å². The molecule has 4 aromatic carbocycles. The number of fused-ring (bicyclic) bond motifs is 9. The Hall–Kier alpha value is -4.62. The van der Waals surface area contributed by atoms with Crippen molar-refractivity contribution in [3.8, 4) is 11.1 Å². The van der Waals surface area contributed by atoms with Gasteiger partial charge in [-0.3, -0.25) is 4.79 Å². The van der Waals surface area contributed by atoms with Crippen molar-refractivity contribution >= 4 is 22.5 Å². The zero-order chi connectivity index (χ0) is 26.0. The van der Waals surface area contributed by atoms with E-state index in [4.69, 9.17) is 10.5 Å². The summed E-state index contributed by atoms with van der Waals surface area (Å²) in [6.07, 6.45) is 1.10. The lowest BCUT2D eigenvalue weighted by atomic mass is 9.83. The highest BCUT2D eigenvalue weighted by Gasteiger charge is 2.43. The molecule has 0 saturated heterocycles. The summed E-state index contributed by atoms with van der Waals surface area (Å²) < 4.78 is 34.1. The first-order valence-electron chi connectivity index (χ1n) is 12.3. The van der Waals surface area contributed by atoms with Crippen LogP contribution in [0, 0.1) is 11.6 Å². The topological polar surface area (TPSA) is 77.2 Å². The molecular formula is C31H21F2N3O2. The van der Waals surface area contributed by atoms with Crippen molar-refractivity contribution in [2.24, 2.45) is 0 Å². The quantitative estimate of drug-likeness (QED) is 0.304. The number of nitrogen functional groups attached to an aromatic ring is 1. The van der Waals surface area contributed by atoms with Crippen LogP contribution in [0.4, 0.5) is 14.6 Å². The van der Waals surface area contributed by atoms with E-state index >= 15 is 0 Å². The standard InChI is InChI=1S/C31H21F2N3O2/c32-19-7-10-21(27(33)13-19)16-5-8-22-25(11-16)29-26-12-17(6-9-23(26)28(22)38-29)31(37)36-15-18-14-35-30(34)24-4-2-1-3-20(18)24/h1-14,28-29H,15H2,(H2,34,35)(H,36,37). The molecule has 5 aromatic rings. The molecule has 3 N–H and O–H groups in total. The Kier molecular flexibility index (Phi) is 5.03. The van der Waals surface area contributed by atoms with Crippen LogP contribution < -0.4 is 11.1 Å². The molecule has 2 bridgehead atoms. The Morgan fingerprint density at radius 2 is 1.61 bits per heavy atom. The molecule has 1 aromatic heterocycles. The Morgan fingerprint density at radius 3 is 2.42 bits per heavy atom. The average molecular weight is 506 g/mol. The maximum atomic E-state index is 14.4. The SMILES string of the molecule is Nc1ncc(CNC(=O)c2ccc3c(c2)C2OC3c3ccc(-c4ccc(F)cc4F)cc32)c2ccccc12. The molecule has 2 unspecified atom stereocenters. The van der Waals surface area contributed by atoms with Crippen molar-refractivity contribution in [2.45, 2.75) is 18.8 Å². The van der Waals surface area contributed by atoms with Gasteiger partial charge >= 0.3 is 0 Å². The van der Waals surface area contributed by atoms with Gasteiger partial charge in [-0.25, -0.2) is 13.8 Å². The second-order valence-corrected chi connectivity index (χ2v) is 9.60. The van der Waals surface area contributed by atoms with Crippen molar-refractivity contribution in [1.82, 2.24) is 10.3 Å². The number of carbonyl (C=O) groups excluding carboxylic acids is 1. The highest BCUT2D eigenvalue weighted by atomic mass is 19.1. The van der Waals surface area contributed by atoms with Crippen LogP contribution in [0.25, 0.3) is 21.9 Å². The normalized spacial score (nSPS) is 16.9. The molecule has 0 fully saturated rings. The zero-order valence-corrected chi connectivity index (χ0v) is 20.0. The summed E-state index contributed by atoms with van der Waals surface area (Å²) in [5.74, 6) is -0.985. The zero-order valence-electron chi connectivity index (χ0n) is 20.0. The number of nitrogens with two attached hydrogens (primary N) is 1. The molecule has 3 heterocycles. The number of aromatic nitrogens is 1. The van der Waals surface area contributed by atoms with Gasteiger partial charge in [-0.15, -0.1) is 0 Å². The van der Waals surface area contributed by atoms with E-state index in [9.17, 15) is 13.6 Å². The van der Waals surface area contributed by atoms with E-state index in [1.165, 1.54) is 12.1 Å². The summed E-state index contributed by atoms with van der Waals surface area (Å²) in [4.78, 5) is 17.4. The number of rotatable bonds is 4. The fourth-order valence-electron chi connectivity index (χ4n) is 5.57. The lowest BCUT2D eigenvalue weighted by Crippen LogP contribution is -2.23. The van der Waals surface area contributed by atoms with Crippen molar-refractivity contribution in [3.63, 3.8) is 0 Å². The van der Waals surface area contributed by atoms with Gasteiger partial charge in [-0.05, 0) is 69.1 Å². The van der Waals surface area contributed by atoms with E-state index in [0.29, 0.717) is 29.1 Å². The van der Waals surface area contributed by atoms with E-state index in [2.05, 4.69) is 10.3 Å². The minimum atomic E-state index is -0.615. The van der Waals surface area contributed by atoms with Crippen LogP contribution in [0.2, 0.25) is 0 Å². The van der Waals surface area contributed by atoms with Gasteiger partial charge in [-0.1, -0.05) is 42.5 Å². The monoisotopic (exact) mass is 505 g/mol. The first kappa shape index (κ1) is 22.6. The molecular weight excluding hydrogens is 484 g/mol. The number of ether oxygens (including phenoxy) is 1. The van der Waals surface area contributed by atoms with Gasteiger partial charge in [0.25, 0.3) is 5.91 Å². The van der Waals surface area contributed by atoms with Crippen LogP contribution in [0.1, 0.15) is 50.4 Å². The van der Waals surface area contributed by atoms with Gasteiger partial charge in [0, 0.05) is 35.3 Å². The fourth-order valence-corrected chi connectivity index (χ4v) is 5.57. The third-order valence-corrected chi connectivity index (χ3v) is 7.43. The predicted molar refractivity (Wildman–Crippen MR) is 140 cm³/mol. The maximum absolute atomic E-state index is 14.4. The molecule has 0 aliphatic carbocycles. The van der Waals surface area contributed by atoms with Crippen molar-refractivity contribution in [3.05, 3.63) is 130 Å². The molecule has 7 heteroatoms. The van der Waals surface area contributed by atoms with E-state index in [1.54, 1.807) is 12.3 Å². The number of hydrogen-bond acceptors (Lipinski definition) is 4. The summed E-state index contributed by atoms with van der Waals surface area (Å²) in [5.41, 5.74) is 12.3. The van der Waals surface area contributed by atoms with E-state index in [1.807, 2.05) is 54.6 Å². The van der Waals surface area contributed by atoms with Crippen LogP contribution in [-0.4, -0.2) is 10.9 Å². The van der Waals surface area contributed by atoms with Crippen molar-refractivity contribution < 1.29 is 18.3 Å². The summed E-state index contributed by atoms with van der Waals surface area (Å²) >= 11 is 0. The lowest BCUT2D eigenvalue weighted by Gasteiger charge is -2.18. The fraction of sp³-hybridized carbons (Fsp3) is 0.0968. The third kappa shape index (κ3) is 3.47. The number of anilines is 1. The number of hydrogen-bond donors (Lipinski definition) is 2. The van der Waals surface area contributed by atoms with Crippen LogP contribution in [0.15, 0.2) is 85.1 Å². The van der Waals surface area contributed by atoms with E-state index in [-0.39, 0.29) is 18.1 Å². The largest absolute Gasteiger partial charge is 0.383 e.